The third-order valence-corrected chi connectivity index (χ3v) is 10.9. The van der Waals surface area contributed by atoms with Crippen LogP contribution in [0.25, 0.3) is 0 Å². The molecule has 3 aromatic carbocycles. The molecule has 236 valence electrons. The number of nitro benzene ring substituents is 1. The Kier molecular flexibility index (Phi) is 8.21. The fourth-order valence-corrected chi connectivity index (χ4v) is 8.69. The van der Waals surface area contributed by atoms with E-state index in [1.54, 1.807) is 12.1 Å². The molecule has 1 N–H and O–H groups in total. The highest BCUT2D eigenvalue weighted by Crippen LogP contribution is 2.55. The Morgan fingerprint density at radius 2 is 1.67 bits per heavy atom. The summed E-state index contributed by atoms with van der Waals surface area (Å²) in [5, 5.41) is 12.6. The van der Waals surface area contributed by atoms with Crippen molar-refractivity contribution in [3.05, 3.63) is 113 Å². The highest BCUT2D eigenvalue weighted by molar-refractivity contribution is 8.00. The summed E-state index contributed by atoms with van der Waals surface area (Å²) in [7, 11) is 0. The van der Waals surface area contributed by atoms with Crippen LogP contribution in [-0.2, 0) is 27.1 Å². The molecular weight excluding hydrogens is 692 g/mol. The van der Waals surface area contributed by atoms with Gasteiger partial charge in [-0.2, -0.15) is 13.2 Å². The van der Waals surface area contributed by atoms with Gasteiger partial charge in [-0.25, -0.2) is 4.90 Å². The van der Waals surface area contributed by atoms with Gasteiger partial charge >= 0.3 is 11.0 Å². The van der Waals surface area contributed by atoms with Gasteiger partial charge in [0.25, 0.3) is 5.69 Å². The van der Waals surface area contributed by atoms with Gasteiger partial charge in [-0.05, 0) is 35.9 Å². The molecular formula is C29H17Cl2F3N4O6S2. The Bertz CT molecular complexity index is 2000. The van der Waals surface area contributed by atoms with Crippen LogP contribution in [0.15, 0.2) is 76.6 Å². The maximum absolute atomic E-state index is 14.0. The summed E-state index contributed by atoms with van der Waals surface area (Å²) in [4.78, 5) is 65.3. The molecule has 1 fully saturated rings. The largest absolute Gasteiger partial charge is 0.418 e. The third-order valence-electron chi connectivity index (χ3n) is 7.49. The van der Waals surface area contributed by atoms with Gasteiger partial charge in [0.1, 0.15) is 11.8 Å². The molecule has 3 amide bonds. The number of rotatable bonds is 6. The number of fused-ring (bicyclic) bond motifs is 2. The van der Waals surface area contributed by atoms with Gasteiger partial charge in [0.15, 0.2) is 0 Å². The van der Waals surface area contributed by atoms with Crippen molar-refractivity contribution in [2.75, 3.05) is 10.2 Å². The fourth-order valence-electron chi connectivity index (χ4n) is 5.50. The van der Waals surface area contributed by atoms with Gasteiger partial charge in [0.05, 0.1) is 42.9 Å². The van der Waals surface area contributed by atoms with Crippen molar-refractivity contribution in [1.82, 2.24) is 4.57 Å². The monoisotopic (exact) mass is 708 g/mol. The number of amides is 3. The first kappa shape index (κ1) is 31.8. The Morgan fingerprint density at radius 3 is 2.35 bits per heavy atom. The smallest absolute Gasteiger partial charge is 0.324 e. The zero-order valence-corrected chi connectivity index (χ0v) is 25.9. The molecule has 46 heavy (non-hydrogen) atoms. The number of para-hydroxylation sites is 1. The van der Waals surface area contributed by atoms with E-state index in [9.17, 15) is 42.5 Å². The molecule has 0 spiro atoms. The number of imide groups is 1. The number of alkyl halides is 3. The average molecular weight is 710 g/mol. The number of nitrogens with one attached hydrogen (secondary N) is 1. The van der Waals surface area contributed by atoms with Crippen LogP contribution in [0, 0.1) is 16.0 Å². The molecule has 3 unspecified atom stereocenters. The van der Waals surface area contributed by atoms with Gasteiger partial charge in [0, 0.05) is 22.9 Å². The second kappa shape index (κ2) is 11.9. The number of halogens is 5. The Morgan fingerprint density at radius 1 is 0.978 bits per heavy atom. The maximum atomic E-state index is 14.0. The molecule has 0 aliphatic carbocycles. The van der Waals surface area contributed by atoms with Crippen molar-refractivity contribution in [2.24, 2.45) is 5.92 Å². The summed E-state index contributed by atoms with van der Waals surface area (Å²) in [6, 6.07) is 13.9. The molecule has 0 radical (unpaired) electrons. The van der Waals surface area contributed by atoms with Crippen LogP contribution in [-0.4, -0.2) is 32.5 Å². The molecule has 2 aliphatic rings. The molecule has 10 nitrogen and oxygen atoms in total. The van der Waals surface area contributed by atoms with E-state index >= 15 is 0 Å². The molecule has 0 bridgehead atoms. The summed E-state index contributed by atoms with van der Waals surface area (Å²) in [5.41, 5.74) is -1.38. The average Bonchev–Trinajstić information content (AvgIpc) is 3.44. The van der Waals surface area contributed by atoms with Gasteiger partial charge < -0.3 is 5.32 Å². The van der Waals surface area contributed by atoms with Crippen molar-refractivity contribution in [3.8, 4) is 0 Å². The molecule has 4 aromatic rings. The van der Waals surface area contributed by atoms with E-state index in [-0.39, 0.29) is 26.4 Å². The number of carbonyl (C=O) groups excluding carboxylic acids is 3. The lowest BCUT2D eigenvalue weighted by Crippen LogP contribution is -2.33. The summed E-state index contributed by atoms with van der Waals surface area (Å²) >= 11 is 14.5. The van der Waals surface area contributed by atoms with Crippen LogP contribution >= 0.6 is 46.3 Å². The zero-order valence-electron chi connectivity index (χ0n) is 22.8. The summed E-state index contributed by atoms with van der Waals surface area (Å²) in [6.45, 7) is -0.689. The summed E-state index contributed by atoms with van der Waals surface area (Å²) in [6.07, 6.45) is -4.75. The molecule has 3 atom stereocenters. The van der Waals surface area contributed by atoms with Crippen molar-refractivity contribution in [3.63, 3.8) is 0 Å². The number of nitrogens with zero attached hydrogens (tertiary/aromatic N) is 3. The number of non-ortho nitro benzene ring substituents is 1. The second-order valence-corrected chi connectivity index (χ2v) is 13.1. The van der Waals surface area contributed by atoms with E-state index in [4.69, 9.17) is 23.2 Å². The number of anilines is 2. The predicted molar refractivity (Wildman–Crippen MR) is 166 cm³/mol. The van der Waals surface area contributed by atoms with Crippen LogP contribution in [0.1, 0.15) is 21.9 Å². The van der Waals surface area contributed by atoms with Crippen molar-refractivity contribution in [1.29, 1.82) is 0 Å². The number of hydrogen-bond acceptors (Lipinski definition) is 8. The van der Waals surface area contributed by atoms with Crippen molar-refractivity contribution < 1.29 is 32.5 Å². The number of thiazole rings is 1. The first-order chi connectivity index (χ1) is 21.8. The lowest BCUT2D eigenvalue weighted by atomic mass is 9.83. The van der Waals surface area contributed by atoms with E-state index in [2.05, 4.69) is 5.32 Å². The Labute approximate surface area is 274 Å². The quantitative estimate of drug-likeness (QED) is 0.136. The van der Waals surface area contributed by atoms with Crippen LogP contribution in [0.3, 0.4) is 0 Å². The van der Waals surface area contributed by atoms with E-state index in [0.717, 1.165) is 45.5 Å². The van der Waals surface area contributed by atoms with Gasteiger partial charge in [-0.1, -0.05) is 70.6 Å². The van der Waals surface area contributed by atoms with Crippen LogP contribution in [0.5, 0.6) is 0 Å². The normalized spacial score (nSPS) is 19.2. The Hall–Kier alpha value is -4.18. The number of carbonyl (C=O) groups is 3. The SMILES string of the molecule is O=C(Cn1c2c(sc1=O)C(c1cccc(Cl)c1Cl)C1C(=O)N(c3ccc([N+](=O)[O-])cc3)C(=O)C1S2)Nc1ccccc1C(F)(F)F. The van der Waals surface area contributed by atoms with Crippen molar-refractivity contribution >= 4 is 81.1 Å². The zero-order chi connectivity index (χ0) is 33.1. The van der Waals surface area contributed by atoms with Crippen LogP contribution in [0.4, 0.5) is 30.2 Å². The predicted octanol–water partition coefficient (Wildman–Crippen LogP) is 6.58. The second-order valence-electron chi connectivity index (χ2n) is 10.2. The van der Waals surface area contributed by atoms with E-state index in [1.807, 2.05) is 0 Å². The summed E-state index contributed by atoms with van der Waals surface area (Å²) < 4.78 is 41.6. The first-order valence-corrected chi connectivity index (χ1v) is 15.7. The Balaban J connectivity index is 1.41. The number of aromatic nitrogens is 1. The van der Waals surface area contributed by atoms with Gasteiger partial charge in [-0.15, -0.1) is 0 Å². The highest BCUT2D eigenvalue weighted by atomic mass is 35.5. The molecule has 0 saturated carbocycles. The minimum absolute atomic E-state index is 0.0775. The fraction of sp³-hybridized carbons (Fsp3) is 0.172. The third kappa shape index (κ3) is 5.46. The number of nitro groups is 1. The topological polar surface area (TPSA) is 132 Å². The lowest BCUT2D eigenvalue weighted by Gasteiger charge is -2.31. The van der Waals surface area contributed by atoms with Crippen LogP contribution < -0.4 is 15.1 Å². The van der Waals surface area contributed by atoms with E-state index in [1.165, 1.54) is 30.3 Å². The molecule has 1 saturated heterocycles. The lowest BCUT2D eigenvalue weighted by molar-refractivity contribution is -0.384. The number of thioether (sulfide) groups is 1. The minimum Gasteiger partial charge on any atom is -0.324 e. The standard InChI is InChI=1S/C29H17Cl2F3N4O6S2/c30-17-6-3-4-15(22(17)31)20-21-23(26(41)37(25(21)40)13-8-10-14(11-9-13)38(43)44)45-27-24(20)46-28(42)36(27)12-19(39)35-18-7-2-1-5-16(18)29(32,33)34/h1-11,20-21,23H,12H2,(H,35,39). The van der Waals surface area contributed by atoms with E-state index < -0.39 is 68.6 Å². The molecule has 3 heterocycles. The van der Waals surface area contributed by atoms with Crippen LogP contribution in [0.2, 0.25) is 10.0 Å². The van der Waals surface area contributed by atoms with Gasteiger partial charge in [-0.3, -0.25) is 33.9 Å². The van der Waals surface area contributed by atoms with Gasteiger partial charge in [0.2, 0.25) is 17.7 Å². The van der Waals surface area contributed by atoms with Crippen molar-refractivity contribution in [2.45, 2.75) is 28.9 Å². The molecule has 17 heteroatoms. The van der Waals surface area contributed by atoms with E-state index in [0.29, 0.717) is 21.8 Å². The maximum Gasteiger partial charge on any atom is 0.418 e. The molecule has 1 aromatic heterocycles. The first-order valence-electron chi connectivity index (χ1n) is 13.2. The molecule has 2 aliphatic heterocycles. The highest BCUT2D eigenvalue weighted by Gasteiger charge is 2.57. The number of benzene rings is 3. The molecule has 6 rings (SSSR count). The minimum atomic E-state index is -4.75. The number of hydrogen-bond donors (Lipinski definition) is 1. The summed E-state index contributed by atoms with van der Waals surface area (Å²) in [5.74, 6) is -4.30.